The zero-order valence-corrected chi connectivity index (χ0v) is 8.62. The van der Waals surface area contributed by atoms with Crippen molar-refractivity contribution in [1.82, 2.24) is 0 Å². The van der Waals surface area contributed by atoms with Gasteiger partial charge in [-0.25, -0.2) is 4.79 Å². The Morgan fingerprint density at radius 2 is 1.94 bits per heavy atom. The molecule has 17 heavy (non-hydrogen) atoms. The van der Waals surface area contributed by atoms with E-state index in [1.165, 1.54) is 12.1 Å². The number of carboxylic acid groups (broad SMARTS) is 1. The van der Waals surface area contributed by atoms with Gasteiger partial charge in [-0.1, -0.05) is 0 Å². The van der Waals surface area contributed by atoms with Crippen molar-refractivity contribution in [2.24, 2.45) is 15.7 Å². The summed E-state index contributed by atoms with van der Waals surface area (Å²) in [6.07, 6.45) is -0.0435. The lowest BCUT2D eigenvalue weighted by molar-refractivity contribution is -0.138. The number of carbonyl (C=O) groups is 2. The van der Waals surface area contributed by atoms with Gasteiger partial charge >= 0.3 is 12.0 Å². The summed E-state index contributed by atoms with van der Waals surface area (Å²) in [7, 11) is 0. The van der Waals surface area contributed by atoms with Gasteiger partial charge in [0.15, 0.2) is 0 Å². The smallest absolute Gasteiger partial charge is 0.368 e. The highest BCUT2D eigenvalue weighted by Gasteiger charge is 2.16. The topological polar surface area (TPSA) is 125 Å². The molecule has 1 aliphatic rings. The molecule has 0 saturated carbocycles. The predicted molar refractivity (Wildman–Crippen MR) is 55.1 cm³/mol. The lowest BCUT2D eigenvalue weighted by atomic mass is 10.1. The average molecular weight is 235 g/mol. The van der Waals surface area contributed by atoms with Crippen molar-refractivity contribution < 1.29 is 19.8 Å². The number of aliphatic carboxylic acids is 1. The molecule has 0 spiro atoms. The number of benzene rings is 1. The maximum atomic E-state index is 10.9. The van der Waals surface area contributed by atoms with E-state index in [0.29, 0.717) is 10.9 Å². The minimum absolute atomic E-state index is 0.0435. The first kappa shape index (κ1) is 11.2. The van der Waals surface area contributed by atoms with Crippen LogP contribution in [0.4, 0.5) is 4.79 Å². The van der Waals surface area contributed by atoms with E-state index in [9.17, 15) is 14.7 Å². The normalized spacial score (nSPS) is 14.8. The van der Waals surface area contributed by atoms with Crippen molar-refractivity contribution >= 4 is 12.0 Å². The summed E-state index contributed by atoms with van der Waals surface area (Å²) in [4.78, 5) is 28.7. The fourth-order valence-corrected chi connectivity index (χ4v) is 1.51. The molecule has 1 heterocycles. The number of hydrogen-bond acceptors (Lipinski definition) is 4. The number of hydrogen-bond donors (Lipinski definition) is 3. The van der Waals surface area contributed by atoms with Crippen LogP contribution in [0.25, 0.3) is 0 Å². The van der Waals surface area contributed by atoms with Crippen molar-refractivity contribution in [3.63, 3.8) is 0 Å². The zero-order chi connectivity index (χ0) is 12.6. The average Bonchev–Trinajstić information content (AvgIpc) is 2.57. The molecule has 0 radical (unpaired) electrons. The number of carbonyl (C=O) groups excluding carboxylic acids is 1. The van der Waals surface area contributed by atoms with Crippen LogP contribution in [0.2, 0.25) is 0 Å². The molecule has 4 N–H and O–H groups in total. The van der Waals surface area contributed by atoms with Crippen LogP contribution in [-0.2, 0) is 11.2 Å². The summed E-state index contributed by atoms with van der Waals surface area (Å²) >= 11 is 0. The largest absolute Gasteiger partial charge is 0.508 e. The van der Waals surface area contributed by atoms with Crippen LogP contribution in [0, 0.1) is 0 Å². The lowest BCUT2D eigenvalue weighted by Gasteiger charge is -2.07. The Bertz CT molecular complexity index is 623. The van der Waals surface area contributed by atoms with Crippen LogP contribution in [0.1, 0.15) is 5.56 Å². The van der Waals surface area contributed by atoms with Gasteiger partial charge in [-0.3, -0.25) is 4.79 Å². The molecular formula is C10H9N3O4. The van der Waals surface area contributed by atoms with E-state index >= 15 is 0 Å². The molecule has 1 atom stereocenters. The highest BCUT2D eigenvalue weighted by atomic mass is 16.4. The van der Waals surface area contributed by atoms with Crippen LogP contribution >= 0.6 is 0 Å². The van der Waals surface area contributed by atoms with E-state index < -0.39 is 18.0 Å². The van der Waals surface area contributed by atoms with Gasteiger partial charge in [0.1, 0.15) is 11.8 Å². The Hall–Kier alpha value is -2.28. The summed E-state index contributed by atoms with van der Waals surface area (Å²) in [5, 5.41) is 18.9. The van der Waals surface area contributed by atoms with Crippen LogP contribution in [0.5, 0.6) is 5.75 Å². The quantitative estimate of drug-likeness (QED) is 0.601. The standard InChI is InChI=1S/C10H9N3O4/c11-5(9(15)16)1-4-2-6-7(3-8(4)14)13-10(17)12-6/h2-3,5,14H,1,11H2,(H,15,16)/t5-/m0/s1. The number of phenolic OH excluding ortho intramolecular Hbond substituents is 1. The van der Waals surface area contributed by atoms with Crippen LogP contribution in [0.15, 0.2) is 22.1 Å². The summed E-state index contributed by atoms with van der Waals surface area (Å²) in [6.45, 7) is 0. The molecule has 2 amide bonds. The Balaban J connectivity index is 2.42. The molecule has 0 fully saturated rings. The third-order valence-electron chi connectivity index (χ3n) is 2.37. The first-order valence-corrected chi connectivity index (χ1v) is 4.79. The molecule has 0 aliphatic carbocycles. The van der Waals surface area contributed by atoms with E-state index in [1.807, 2.05) is 0 Å². The SMILES string of the molecule is N[C@@H](Cc1cc2c(cc1O)=NC(=O)N=2)C(=O)O. The van der Waals surface area contributed by atoms with Crippen LogP contribution < -0.4 is 16.4 Å². The monoisotopic (exact) mass is 235 g/mol. The van der Waals surface area contributed by atoms with E-state index in [-0.39, 0.29) is 17.5 Å². The van der Waals surface area contributed by atoms with Gasteiger partial charge in [0.2, 0.25) is 0 Å². The summed E-state index contributed by atoms with van der Waals surface area (Å²) < 4.78 is 0. The molecule has 7 heteroatoms. The molecule has 0 bridgehead atoms. The molecule has 0 aromatic heterocycles. The molecule has 1 aliphatic heterocycles. The van der Waals surface area contributed by atoms with Crippen LogP contribution in [-0.4, -0.2) is 28.3 Å². The Labute approximate surface area is 94.9 Å². The first-order valence-electron chi connectivity index (χ1n) is 4.79. The minimum Gasteiger partial charge on any atom is -0.508 e. The molecule has 0 unspecified atom stereocenters. The maximum absolute atomic E-state index is 10.9. The van der Waals surface area contributed by atoms with Crippen molar-refractivity contribution in [3.8, 4) is 5.75 Å². The van der Waals surface area contributed by atoms with Crippen molar-refractivity contribution in [3.05, 3.63) is 28.4 Å². The third-order valence-corrected chi connectivity index (χ3v) is 2.37. The summed E-state index contributed by atoms with van der Waals surface area (Å²) in [5.74, 6) is -1.31. The number of nitrogens with two attached hydrogens (primary N) is 1. The molecule has 1 aromatic carbocycles. The Morgan fingerprint density at radius 1 is 1.35 bits per heavy atom. The second-order valence-corrected chi connectivity index (χ2v) is 3.62. The highest BCUT2D eigenvalue weighted by molar-refractivity contribution is 5.77. The number of carboxylic acids is 1. The number of fused-ring (bicyclic) bond motifs is 1. The second kappa shape index (κ2) is 3.95. The number of urea groups is 1. The molecule has 2 rings (SSSR count). The van der Waals surface area contributed by atoms with Crippen LogP contribution in [0.3, 0.4) is 0 Å². The van der Waals surface area contributed by atoms with Gasteiger partial charge in [0.05, 0.1) is 10.7 Å². The number of phenols is 1. The lowest BCUT2D eigenvalue weighted by Crippen LogP contribution is -2.33. The third kappa shape index (κ3) is 2.13. The van der Waals surface area contributed by atoms with Gasteiger partial charge in [0, 0.05) is 12.5 Å². The van der Waals surface area contributed by atoms with Gasteiger partial charge in [0.25, 0.3) is 0 Å². The maximum Gasteiger partial charge on any atom is 0.368 e. The van der Waals surface area contributed by atoms with E-state index in [4.69, 9.17) is 10.8 Å². The summed E-state index contributed by atoms with van der Waals surface area (Å²) in [6, 6.07) is 0.933. The summed E-state index contributed by atoms with van der Waals surface area (Å²) in [5.41, 5.74) is 5.68. The van der Waals surface area contributed by atoms with E-state index in [2.05, 4.69) is 9.98 Å². The number of amides is 2. The molecule has 7 nitrogen and oxygen atoms in total. The van der Waals surface area contributed by atoms with Gasteiger partial charge in [-0.05, 0) is 11.6 Å². The van der Waals surface area contributed by atoms with E-state index in [1.54, 1.807) is 0 Å². The van der Waals surface area contributed by atoms with Gasteiger partial charge < -0.3 is 15.9 Å². The fourth-order valence-electron chi connectivity index (χ4n) is 1.51. The fraction of sp³-hybridized carbons (Fsp3) is 0.200. The molecular weight excluding hydrogens is 226 g/mol. The van der Waals surface area contributed by atoms with Gasteiger partial charge in [-0.15, -0.1) is 0 Å². The Kier molecular flexibility index (Phi) is 2.60. The van der Waals surface area contributed by atoms with Crippen molar-refractivity contribution in [2.75, 3.05) is 0 Å². The Morgan fingerprint density at radius 3 is 2.53 bits per heavy atom. The highest BCUT2D eigenvalue weighted by Crippen LogP contribution is 2.14. The van der Waals surface area contributed by atoms with E-state index in [0.717, 1.165) is 0 Å². The molecule has 0 saturated heterocycles. The second-order valence-electron chi connectivity index (χ2n) is 3.62. The van der Waals surface area contributed by atoms with Crippen molar-refractivity contribution in [2.45, 2.75) is 12.5 Å². The molecule has 1 aromatic rings. The predicted octanol–water partition coefficient (Wildman–Crippen LogP) is -1.28. The number of rotatable bonds is 3. The molecule has 88 valence electrons. The van der Waals surface area contributed by atoms with Crippen molar-refractivity contribution in [1.29, 1.82) is 0 Å². The van der Waals surface area contributed by atoms with Gasteiger partial charge in [-0.2, -0.15) is 9.98 Å². The minimum atomic E-state index is -1.16. The number of nitrogens with zero attached hydrogens (tertiary/aromatic N) is 2. The zero-order valence-electron chi connectivity index (χ0n) is 8.62. The first-order chi connectivity index (χ1) is 7.97. The number of aromatic hydroxyl groups is 1.